The molecule has 0 saturated carbocycles. The largest absolute Gasteiger partial charge is 0.375 e. The highest BCUT2D eigenvalue weighted by atomic mass is 16.6. The van der Waals surface area contributed by atoms with Crippen molar-refractivity contribution < 1.29 is 14.5 Å². The third kappa shape index (κ3) is 5.40. The standard InChI is InChI=1S/C22H27N3O4/c1-17-3-7-19(8-4-17)24(22(26)16-29-2)20-11-13-23(14-12-20)15-18-5-9-21(10-6-18)25(27)28/h3-10,20H,11-16H2,1-2H3. The van der Waals surface area contributed by atoms with Crippen LogP contribution in [-0.2, 0) is 16.1 Å². The third-order valence-electron chi connectivity index (χ3n) is 5.32. The number of non-ortho nitro benzene ring substituents is 1. The maximum Gasteiger partial charge on any atom is 0.269 e. The van der Waals surface area contributed by atoms with Gasteiger partial charge in [-0.2, -0.15) is 0 Å². The van der Waals surface area contributed by atoms with E-state index in [1.807, 2.05) is 48.2 Å². The summed E-state index contributed by atoms with van der Waals surface area (Å²) in [6, 6.07) is 14.9. The molecule has 2 aromatic carbocycles. The molecule has 0 spiro atoms. The summed E-state index contributed by atoms with van der Waals surface area (Å²) in [6.45, 7) is 4.58. The summed E-state index contributed by atoms with van der Waals surface area (Å²) in [5.74, 6) is -0.0230. The Labute approximate surface area is 171 Å². The van der Waals surface area contributed by atoms with Crippen LogP contribution in [0.3, 0.4) is 0 Å². The molecular weight excluding hydrogens is 370 g/mol. The van der Waals surface area contributed by atoms with Crippen molar-refractivity contribution in [3.8, 4) is 0 Å². The number of hydrogen-bond donors (Lipinski definition) is 0. The second kappa shape index (κ2) is 9.62. The van der Waals surface area contributed by atoms with Crippen LogP contribution in [0.15, 0.2) is 48.5 Å². The van der Waals surface area contributed by atoms with Crippen LogP contribution < -0.4 is 4.90 Å². The summed E-state index contributed by atoms with van der Waals surface area (Å²) in [6.07, 6.45) is 1.74. The molecule has 0 aromatic heterocycles. The minimum absolute atomic E-state index is 0.0230. The molecule has 0 N–H and O–H groups in total. The molecule has 0 atom stereocenters. The number of carbonyl (C=O) groups is 1. The lowest BCUT2D eigenvalue weighted by atomic mass is 10.0. The predicted octanol–water partition coefficient (Wildman–Crippen LogP) is 3.55. The molecule has 1 saturated heterocycles. The zero-order chi connectivity index (χ0) is 20.8. The van der Waals surface area contributed by atoms with Gasteiger partial charge in [-0.1, -0.05) is 29.8 Å². The van der Waals surface area contributed by atoms with Crippen LogP contribution in [0.4, 0.5) is 11.4 Å². The van der Waals surface area contributed by atoms with E-state index in [0.29, 0.717) is 0 Å². The Hall–Kier alpha value is -2.77. The molecule has 29 heavy (non-hydrogen) atoms. The number of methoxy groups -OCH3 is 1. The van der Waals surface area contributed by atoms with Gasteiger partial charge in [0.1, 0.15) is 6.61 Å². The molecule has 154 valence electrons. The summed E-state index contributed by atoms with van der Waals surface area (Å²) in [7, 11) is 1.54. The number of amides is 1. The van der Waals surface area contributed by atoms with E-state index in [4.69, 9.17) is 4.74 Å². The van der Waals surface area contributed by atoms with E-state index < -0.39 is 0 Å². The van der Waals surface area contributed by atoms with Gasteiger partial charge in [-0.05, 0) is 37.5 Å². The van der Waals surface area contributed by atoms with Gasteiger partial charge in [-0.25, -0.2) is 0 Å². The quantitative estimate of drug-likeness (QED) is 0.528. The summed E-state index contributed by atoms with van der Waals surface area (Å²) in [4.78, 5) is 27.3. The fourth-order valence-electron chi connectivity index (χ4n) is 3.77. The number of nitro benzene ring substituents is 1. The number of nitro groups is 1. The molecular formula is C22H27N3O4. The van der Waals surface area contributed by atoms with E-state index in [9.17, 15) is 14.9 Å². The molecule has 1 amide bonds. The third-order valence-corrected chi connectivity index (χ3v) is 5.32. The van der Waals surface area contributed by atoms with E-state index >= 15 is 0 Å². The topological polar surface area (TPSA) is 75.9 Å². The first-order valence-corrected chi connectivity index (χ1v) is 9.81. The highest BCUT2D eigenvalue weighted by Crippen LogP contribution is 2.25. The summed E-state index contributed by atoms with van der Waals surface area (Å²) >= 11 is 0. The second-order valence-electron chi connectivity index (χ2n) is 7.46. The number of benzene rings is 2. The first-order chi connectivity index (χ1) is 14.0. The van der Waals surface area contributed by atoms with E-state index in [0.717, 1.165) is 49.3 Å². The fraction of sp³-hybridized carbons (Fsp3) is 0.409. The summed E-state index contributed by atoms with van der Waals surface area (Å²) < 4.78 is 5.10. The molecule has 1 fully saturated rings. The lowest BCUT2D eigenvalue weighted by molar-refractivity contribution is -0.384. The van der Waals surface area contributed by atoms with Crippen LogP contribution in [0.2, 0.25) is 0 Å². The fourth-order valence-corrected chi connectivity index (χ4v) is 3.77. The Kier molecular flexibility index (Phi) is 6.95. The van der Waals surface area contributed by atoms with Gasteiger partial charge in [0.05, 0.1) is 4.92 Å². The lowest BCUT2D eigenvalue weighted by Gasteiger charge is -2.38. The van der Waals surface area contributed by atoms with Crippen LogP contribution in [0.5, 0.6) is 0 Å². The van der Waals surface area contributed by atoms with Gasteiger partial charge < -0.3 is 9.64 Å². The van der Waals surface area contributed by atoms with Crippen LogP contribution in [0, 0.1) is 17.0 Å². The number of likely N-dealkylation sites (tertiary alicyclic amines) is 1. The van der Waals surface area contributed by atoms with Crippen molar-refractivity contribution in [3.63, 3.8) is 0 Å². The lowest BCUT2D eigenvalue weighted by Crippen LogP contribution is -2.48. The van der Waals surface area contributed by atoms with Gasteiger partial charge in [0.15, 0.2) is 0 Å². The van der Waals surface area contributed by atoms with Gasteiger partial charge in [0.25, 0.3) is 11.6 Å². The average Bonchev–Trinajstić information content (AvgIpc) is 2.71. The molecule has 1 heterocycles. The Bertz CT molecular complexity index is 828. The number of carbonyl (C=O) groups excluding carboxylic acids is 1. The van der Waals surface area contributed by atoms with Crippen molar-refractivity contribution in [2.24, 2.45) is 0 Å². The minimum Gasteiger partial charge on any atom is -0.375 e. The van der Waals surface area contributed by atoms with E-state index in [1.165, 1.54) is 7.11 Å². The molecule has 1 aliphatic rings. The molecule has 7 nitrogen and oxygen atoms in total. The highest BCUT2D eigenvalue weighted by Gasteiger charge is 2.29. The molecule has 1 aliphatic heterocycles. The van der Waals surface area contributed by atoms with E-state index in [-0.39, 0.29) is 29.2 Å². The van der Waals surface area contributed by atoms with Gasteiger partial charge in [0, 0.05) is 50.6 Å². The average molecular weight is 397 g/mol. The van der Waals surface area contributed by atoms with Crippen LogP contribution in [0.1, 0.15) is 24.0 Å². The number of aryl methyl sites for hydroxylation is 1. The van der Waals surface area contributed by atoms with E-state index in [2.05, 4.69) is 4.90 Å². The minimum atomic E-state index is -0.383. The molecule has 0 bridgehead atoms. The molecule has 0 unspecified atom stereocenters. The van der Waals surface area contributed by atoms with Crippen molar-refractivity contribution >= 4 is 17.3 Å². The Balaban J connectivity index is 1.64. The molecule has 0 aliphatic carbocycles. The van der Waals surface area contributed by atoms with Crippen molar-refractivity contribution in [2.75, 3.05) is 31.7 Å². The predicted molar refractivity (Wildman–Crippen MR) is 112 cm³/mol. The van der Waals surface area contributed by atoms with Crippen LogP contribution >= 0.6 is 0 Å². The zero-order valence-electron chi connectivity index (χ0n) is 16.9. The molecule has 3 rings (SSSR count). The maximum atomic E-state index is 12.7. The Morgan fingerprint density at radius 3 is 2.31 bits per heavy atom. The van der Waals surface area contributed by atoms with Gasteiger partial charge in [-0.15, -0.1) is 0 Å². The number of piperidine rings is 1. The Morgan fingerprint density at radius 2 is 1.76 bits per heavy atom. The summed E-state index contributed by atoms with van der Waals surface area (Å²) in [5.41, 5.74) is 3.23. The number of anilines is 1. The SMILES string of the molecule is COCC(=O)N(c1ccc(C)cc1)C1CCN(Cc2ccc([N+](=O)[O-])cc2)CC1. The second-order valence-corrected chi connectivity index (χ2v) is 7.46. The first kappa shape index (κ1) is 21.0. The highest BCUT2D eigenvalue weighted by molar-refractivity contribution is 5.94. The van der Waals surface area contributed by atoms with Crippen molar-refractivity contribution in [1.82, 2.24) is 4.90 Å². The summed E-state index contributed by atoms with van der Waals surface area (Å²) in [5, 5.41) is 10.8. The first-order valence-electron chi connectivity index (χ1n) is 9.81. The van der Waals surface area contributed by atoms with Gasteiger partial charge in [0.2, 0.25) is 0 Å². The molecule has 7 heteroatoms. The van der Waals surface area contributed by atoms with Crippen molar-refractivity contribution in [1.29, 1.82) is 0 Å². The van der Waals surface area contributed by atoms with E-state index in [1.54, 1.807) is 12.1 Å². The number of nitrogens with zero attached hydrogens (tertiary/aromatic N) is 3. The van der Waals surface area contributed by atoms with Crippen LogP contribution in [-0.4, -0.2) is 48.6 Å². The van der Waals surface area contributed by atoms with Crippen molar-refractivity contribution in [3.05, 3.63) is 69.8 Å². The normalized spacial score (nSPS) is 15.2. The van der Waals surface area contributed by atoms with Gasteiger partial charge >= 0.3 is 0 Å². The number of ether oxygens (including phenoxy) is 1. The smallest absolute Gasteiger partial charge is 0.269 e. The number of rotatable bonds is 7. The van der Waals surface area contributed by atoms with Crippen LogP contribution in [0.25, 0.3) is 0 Å². The Morgan fingerprint density at radius 1 is 1.14 bits per heavy atom. The monoisotopic (exact) mass is 397 g/mol. The van der Waals surface area contributed by atoms with Crippen molar-refractivity contribution in [2.45, 2.75) is 32.4 Å². The molecule has 2 aromatic rings. The maximum absolute atomic E-state index is 12.7. The van der Waals surface area contributed by atoms with Gasteiger partial charge in [-0.3, -0.25) is 19.8 Å². The zero-order valence-corrected chi connectivity index (χ0v) is 16.9. The molecule has 0 radical (unpaired) electrons. The number of hydrogen-bond acceptors (Lipinski definition) is 5.